The molecule has 6 nitrogen and oxygen atoms in total. The Kier molecular flexibility index (Phi) is 6.62. The second-order valence-corrected chi connectivity index (χ2v) is 8.72. The van der Waals surface area contributed by atoms with E-state index in [0.29, 0.717) is 29.6 Å². The lowest BCUT2D eigenvalue weighted by molar-refractivity contribution is 0.189. The molecule has 0 aliphatic heterocycles. The van der Waals surface area contributed by atoms with E-state index in [4.69, 9.17) is 4.74 Å². The van der Waals surface area contributed by atoms with Crippen molar-refractivity contribution in [1.29, 1.82) is 0 Å². The fourth-order valence-electron chi connectivity index (χ4n) is 3.59. The van der Waals surface area contributed by atoms with Gasteiger partial charge in [0, 0.05) is 18.7 Å². The molecule has 0 unspecified atom stereocenters. The van der Waals surface area contributed by atoms with Crippen LogP contribution < -0.4 is 10.1 Å². The van der Waals surface area contributed by atoms with E-state index >= 15 is 0 Å². The maximum absolute atomic E-state index is 14.5. The van der Waals surface area contributed by atoms with Crippen molar-refractivity contribution in [3.05, 3.63) is 71.4 Å². The quantitative estimate of drug-likeness (QED) is 0.483. The van der Waals surface area contributed by atoms with E-state index in [1.807, 2.05) is 51.1 Å². The molecule has 1 aliphatic rings. The van der Waals surface area contributed by atoms with Crippen molar-refractivity contribution in [1.82, 2.24) is 20.0 Å². The molecule has 1 saturated carbocycles. The maximum Gasteiger partial charge on any atom is 0.317 e. The van der Waals surface area contributed by atoms with Crippen LogP contribution in [-0.4, -0.2) is 33.3 Å². The van der Waals surface area contributed by atoms with E-state index in [9.17, 15) is 13.6 Å². The molecule has 2 aromatic carbocycles. The zero-order valence-corrected chi connectivity index (χ0v) is 19.0. The summed E-state index contributed by atoms with van der Waals surface area (Å²) in [5.74, 6) is -0.843. The highest BCUT2D eigenvalue weighted by atomic mass is 19.1. The molecule has 0 radical (unpaired) electrons. The molecule has 2 amide bonds. The lowest BCUT2D eigenvalue weighted by atomic mass is 10.2. The molecular weight excluding hydrogens is 426 g/mol. The van der Waals surface area contributed by atoms with Gasteiger partial charge in [0.25, 0.3) is 0 Å². The summed E-state index contributed by atoms with van der Waals surface area (Å²) in [4.78, 5) is 14.7. The monoisotopic (exact) mass is 454 g/mol. The van der Waals surface area contributed by atoms with E-state index in [-0.39, 0.29) is 24.4 Å². The van der Waals surface area contributed by atoms with Gasteiger partial charge in [0.2, 0.25) is 5.88 Å². The first-order valence-electron chi connectivity index (χ1n) is 11.1. The fraction of sp³-hybridized carbons (Fsp3) is 0.360. The van der Waals surface area contributed by atoms with E-state index in [1.165, 1.54) is 6.07 Å². The van der Waals surface area contributed by atoms with Crippen LogP contribution in [0.5, 0.6) is 11.6 Å². The van der Waals surface area contributed by atoms with Crippen LogP contribution in [-0.2, 0) is 6.54 Å². The Morgan fingerprint density at radius 3 is 2.58 bits per heavy atom. The van der Waals surface area contributed by atoms with Gasteiger partial charge in [-0.2, -0.15) is 5.10 Å². The zero-order chi connectivity index (χ0) is 23.5. The van der Waals surface area contributed by atoms with Gasteiger partial charge in [0.05, 0.1) is 23.5 Å². The minimum atomic E-state index is -0.813. The summed E-state index contributed by atoms with van der Waals surface area (Å²) < 4.78 is 35.5. The minimum Gasteiger partial charge on any atom is -0.435 e. The predicted molar refractivity (Wildman–Crippen MR) is 122 cm³/mol. The van der Waals surface area contributed by atoms with Crippen molar-refractivity contribution in [2.24, 2.45) is 5.92 Å². The number of para-hydroxylation sites is 1. The lowest BCUT2D eigenvalue weighted by Crippen LogP contribution is -2.43. The number of halogens is 2. The molecule has 0 atom stereocenters. The number of nitrogens with zero attached hydrogens (tertiary/aromatic N) is 3. The molecule has 1 fully saturated rings. The number of benzene rings is 2. The first-order chi connectivity index (χ1) is 15.8. The van der Waals surface area contributed by atoms with Crippen molar-refractivity contribution >= 4 is 6.03 Å². The average molecular weight is 455 g/mol. The SMILES string of the molecule is Cc1nn(-c2ccccc2)c(Oc2ccc(F)cc2F)c1CN(CC1CC1)C(=O)NC(C)C. The van der Waals surface area contributed by atoms with Gasteiger partial charge in [-0.05, 0) is 63.8 Å². The van der Waals surface area contributed by atoms with Crippen LogP contribution in [0.15, 0.2) is 48.5 Å². The van der Waals surface area contributed by atoms with Crippen LogP contribution in [0.1, 0.15) is 37.9 Å². The van der Waals surface area contributed by atoms with Gasteiger partial charge >= 0.3 is 6.03 Å². The molecular formula is C25H28F2N4O2. The molecule has 4 rings (SSSR count). The van der Waals surface area contributed by atoms with Gasteiger partial charge in [0.15, 0.2) is 11.6 Å². The van der Waals surface area contributed by atoms with Gasteiger partial charge in [-0.15, -0.1) is 0 Å². The molecule has 33 heavy (non-hydrogen) atoms. The fourth-order valence-corrected chi connectivity index (χ4v) is 3.59. The molecule has 3 aromatic rings. The largest absolute Gasteiger partial charge is 0.435 e. The number of aromatic nitrogens is 2. The molecule has 174 valence electrons. The number of nitrogens with one attached hydrogen (secondary N) is 1. The predicted octanol–water partition coefficient (Wildman–Crippen LogP) is 5.58. The lowest BCUT2D eigenvalue weighted by Gasteiger charge is -2.25. The Balaban J connectivity index is 1.74. The molecule has 8 heteroatoms. The van der Waals surface area contributed by atoms with Gasteiger partial charge in [0.1, 0.15) is 5.82 Å². The molecule has 0 bridgehead atoms. The number of hydrogen-bond donors (Lipinski definition) is 1. The molecule has 0 spiro atoms. The number of amides is 2. The third-order valence-corrected chi connectivity index (χ3v) is 5.46. The van der Waals surface area contributed by atoms with Crippen LogP contribution in [0, 0.1) is 24.5 Å². The first-order valence-corrected chi connectivity index (χ1v) is 11.1. The van der Waals surface area contributed by atoms with Crippen LogP contribution in [0.25, 0.3) is 5.69 Å². The molecule has 1 aromatic heterocycles. The van der Waals surface area contributed by atoms with Crippen LogP contribution >= 0.6 is 0 Å². The summed E-state index contributed by atoms with van der Waals surface area (Å²) >= 11 is 0. The number of carbonyl (C=O) groups is 1. The Morgan fingerprint density at radius 1 is 1.21 bits per heavy atom. The summed E-state index contributed by atoms with van der Waals surface area (Å²) in [5.41, 5.74) is 2.06. The highest BCUT2D eigenvalue weighted by Gasteiger charge is 2.30. The zero-order valence-electron chi connectivity index (χ0n) is 19.0. The van der Waals surface area contributed by atoms with E-state index in [2.05, 4.69) is 10.4 Å². The van der Waals surface area contributed by atoms with Gasteiger partial charge in [-0.25, -0.2) is 18.3 Å². The van der Waals surface area contributed by atoms with E-state index in [1.54, 1.807) is 9.58 Å². The summed E-state index contributed by atoms with van der Waals surface area (Å²) in [7, 11) is 0. The normalized spacial score (nSPS) is 13.3. The standard InChI is InChI=1S/C25H28F2N4O2/c1-16(2)28-25(32)30(14-18-9-10-18)15-21-17(3)29-31(20-7-5-4-6-8-20)24(21)33-23-12-11-19(26)13-22(23)27/h4-8,11-13,16,18H,9-10,14-15H2,1-3H3,(H,28,32). The second kappa shape index (κ2) is 9.60. The highest BCUT2D eigenvalue weighted by Crippen LogP contribution is 2.35. The molecule has 1 aliphatic carbocycles. The van der Waals surface area contributed by atoms with E-state index in [0.717, 1.165) is 30.7 Å². The summed E-state index contributed by atoms with van der Waals surface area (Å²) in [6.45, 7) is 6.54. The number of rotatable bonds is 8. The highest BCUT2D eigenvalue weighted by molar-refractivity contribution is 5.74. The third kappa shape index (κ3) is 5.50. The Hall–Kier alpha value is -3.42. The van der Waals surface area contributed by atoms with Gasteiger partial charge in [-0.1, -0.05) is 18.2 Å². The van der Waals surface area contributed by atoms with Crippen LogP contribution in [0.2, 0.25) is 0 Å². The third-order valence-electron chi connectivity index (χ3n) is 5.46. The number of carbonyl (C=O) groups excluding carboxylic acids is 1. The van der Waals surface area contributed by atoms with Gasteiger partial charge < -0.3 is 15.0 Å². The Bertz CT molecular complexity index is 1130. The molecule has 1 N–H and O–H groups in total. The van der Waals surface area contributed by atoms with Crippen molar-refractivity contribution in [2.45, 2.75) is 46.2 Å². The van der Waals surface area contributed by atoms with Crippen molar-refractivity contribution in [3.8, 4) is 17.3 Å². The van der Waals surface area contributed by atoms with Crippen LogP contribution in [0.4, 0.5) is 13.6 Å². The Morgan fingerprint density at radius 2 is 1.94 bits per heavy atom. The smallest absolute Gasteiger partial charge is 0.317 e. The van der Waals surface area contributed by atoms with Crippen molar-refractivity contribution in [2.75, 3.05) is 6.54 Å². The Labute approximate surface area is 192 Å². The summed E-state index contributed by atoms with van der Waals surface area (Å²) in [6.07, 6.45) is 2.19. The number of hydrogen-bond acceptors (Lipinski definition) is 3. The molecule has 0 saturated heterocycles. The number of ether oxygens (including phenoxy) is 1. The first kappa shape index (κ1) is 22.8. The molecule has 1 heterocycles. The maximum atomic E-state index is 14.5. The second-order valence-electron chi connectivity index (χ2n) is 8.72. The topological polar surface area (TPSA) is 59.4 Å². The number of urea groups is 1. The van der Waals surface area contributed by atoms with E-state index < -0.39 is 11.6 Å². The minimum absolute atomic E-state index is 0.00336. The van der Waals surface area contributed by atoms with Crippen molar-refractivity contribution in [3.63, 3.8) is 0 Å². The summed E-state index contributed by atoms with van der Waals surface area (Å²) in [6, 6.07) is 12.3. The van der Waals surface area contributed by atoms with Crippen LogP contribution in [0.3, 0.4) is 0 Å². The van der Waals surface area contributed by atoms with Gasteiger partial charge in [-0.3, -0.25) is 0 Å². The summed E-state index contributed by atoms with van der Waals surface area (Å²) in [5, 5.41) is 7.59. The average Bonchev–Trinajstić information content (AvgIpc) is 3.54. The van der Waals surface area contributed by atoms with Crippen molar-refractivity contribution < 1.29 is 18.3 Å². The number of aryl methyl sites for hydroxylation is 1.